The molecule has 0 unspecified atom stereocenters. The first-order valence-electron chi connectivity index (χ1n) is 9.42. The van der Waals surface area contributed by atoms with Crippen molar-refractivity contribution in [3.05, 3.63) is 38.4 Å². The van der Waals surface area contributed by atoms with E-state index in [2.05, 4.69) is 36.1 Å². The molecule has 0 saturated carbocycles. The number of piperazine rings is 1. The summed E-state index contributed by atoms with van der Waals surface area (Å²) in [5.41, 5.74) is -0.367. The number of halogens is 2. The maximum atomic E-state index is 12.4. The zero-order chi connectivity index (χ0) is 21.5. The Balaban J connectivity index is 1.34. The van der Waals surface area contributed by atoms with E-state index in [-0.39, 0.29) is 28.7 Å². The third kappa shape index (κ3) is 6.13. The summed E-state index contributed by atoms with van der Waals surface area (Å²) in [5.74, 6) is 1.00. The van der Waals surface area contributed by atoms with Crippen molar-refractivity contribution in [1.29, 1.82) is 0 Å². The predicted molar refractivity (Wildman–Crippen MR) is 114 cm³/mol. The van der Waals surface area contributed by atoms with Crippen LogP contribution in [0.4, 0.5) is 5.95 Å². The van der Waals surface area contributed by atoms with Gasteiger partial charge in [0, 0.05) is 26.2 Å². The summed E-state index contributed by atoms with van der Waals surface area (Å²) in [4.78, 5) is 36.1. The van der Waals surface area contributed by atoms with E-state index in [1.165, 1.54) is 6.20 Å². The van der Waals surface area contributed by atoms with E-state index < -0.39 is 0 Å². The van der Waals surface area contributed by atoms with E-state index in [0.717, 1.165) is 0 Å². The topological polar surface area (TPSA) is 114 Å². The number of nitrogens with one attached hydrogen (secondary N) is 1. The van der Waals surface area contributed by atoms with Crippen LogP contribution in [0.5, 0.6) is 5.75 Å². The van der Waals surface area contributed by atoms with E-state index >= 15 is 0 Å². The number of aromatic nitrogens is 4. The number of anilines is 1. The summed E-state index contributed by atoms with van der Waals surface area (Å²) < 4.78 is 11.5. The number of amides is 1. The van der Waals surface area contributed by atoms with Gasteiger partial charge in [-0.1, -0.05) is 11.6 Å². The van der Waals surface area contributed by atoms with Crippen molar-refractivity contribution in [2.24, 2.45) is 0 Å². The van der Waals surface area contributed by atoms with Gasteiger partial charge in [-0.2, -0.15) is 5.10 Å². The smallest absolute Gasteiger partial charge is 0.282 e. The highest BCUT2D eigenvalue weighted by Crippen LogP contribution is 2.19. The predicted octanol–water partition coefficient (Wildman–Crippen LogP) is 1.50. The van der Waals surface area contributed by atoms with Gasteiger partial charge in [0.25, 0.3) is 5.56 Å². The summed E-state index contributed by atoms with van der Waals surface area (Å²) in [6, 6.07) is 0. The molecule has 1 saturated heterocycles. The first-order valence-corrected chi connectivity index (χ1v) is 10.6. The van der Waals surface area contributed by atoms with Crippen LogP contribution in [0.25, 0.3) is 0 Å². The molecule has 2 aromatic heterocycles. The normalized spacial score (nSPS) is 15.2. The zero-order valence-corrected chi connectivity index (χ0v) is 18.7. The van der Waals surface area contributed by atoms with Crippen molar-refractivity contribution in [1.82, 2.24) is 25.1 Å². The molecular formula is C18H22BrClN6O4. The largest absolute Gasteiger partial charge is 0.485 e. The molecule has 1 atom stereocenters. The molecule has 0 radical (unpaired) electrons. The maximum Gasteiger partial charge on any atom is 0.282 e. The second-order valence-electron chi connectivity index (χ2n) is 6.70. The quantitative estimate of drug-likeness (QED) is 0.542. The van der Waals surface area contributed by atoms with Crippen LogP contribution < -0.4 is 15.2 Å². The van der Waals surface area contributed by atoms with Gasteiger partial charge in [0.2, 0.25) is 11.9 Å². The third-order valence-corrected chi connectivity index (χ3v) is 5.37. The second kappa shape index (κ2) is 10.7. The highest BCUT2D eigenvalue weighted by molar-refractivity contribution is 9.10. The number of carbonyl (C=O) groups is 1. The molecule has 3 rings (SSSR count). The monoisotopic (exact) mass is 500 g/mol. The molecule has 0 bridgehead atoms. The molecule has 0 aromatic carbocycles. The summed E-state index contributed by atoms with van der Waals surface area (Å²) in [7, 11) is 0. The van der Waals surface area contributed by atoms with Gasteiger partial charge in [-0.25, -0.2) is 15.1 Å². The number of carbonyl (C=O) groups excluding carboxylic acids is 1. The van der Waals surface area contributed by atoms with Gasteiger partial charge in [0.15, 0.2) is 5.75 Å². The van der Waals surface area contributed by atoms with Crippen LogP contribution >= 0.6 is 27.5 Å². The minimum atomic E-state index is -0.367. The van der Waals surface area contributed by atoms with Crippen LogP contribution in [0.3, 0.4) is 0 Å². The molecule has 10 nitrogen and oxygen atoms in total. The molecule has 1 aliphatic rings. The number of aromatic amines is 1. The Labute approximate surface area is 186 Å². The van der Waals surface area contributed by atoms with Crippen molar-refractivity contribution in [2.75, 3.05) is 44.3 Å². The molecule has 162 valence electrons. The van der Waals surface area contributed by atoms with Crippen molar-refractivity contribution >= 4 is 39.4 Å². The second-order valence-corrected chi connectivity index (χ2v) is 7.93. The summed E-state index contributed by atoms with van der Waals surface area (Å²) >= 11 is 8.97. The highest BCUT2D eigenvalue weighted by atomic mass is 79.9. The Morgan fingerprint density at radius 2 is 1.97 bits per heavy atom. The Bertz CT molecular complexity index is 904. The van der Waals surface area contributed by atoms with Crippen LogP contribution in [0, 0.1) is 0 Å². The highest BCUT2D eigenvalue weighted by Gasteiger charge is 2.22. The fourth-order valence-electron chi connectivity index (χ4n) is 2.89. The lowest BCUT2D eigenvalue weighted by Crippen LogP contribution is -2.49. The van der Waals surface area contributed by atoms with Gasteiger partial charge in [0.1, 0.15) is 10.6 Å². The van der Waals surface area contributed by atoms with Gasteiger partial charge in [-0.3, -0.25) is 9.59 Å². The Hall–Kier alpha value is -2.24. The van der Waals surface area contributed by atoms with E-state index in [9.17, 15) is 9.59 Å². The average molecular weight is 502 g/mol. The van der Waals surface area contributed by atoms with Crippen molar-refractivity contribution in [3.63, 3.8) is 0 Å². The molecule has 1 aliphatic heterocycles. The molecule has 12 heteroatoms. The molecule has 0 spiro atoms. The van der Waals surface area contributed by atoms with Crippen LogP contribution in [-0.4, -0.2) is 76.5 Å². The molecule has 3 heterocycles. The minimum absolute atomic E-state index is 0.0433. The SMILES string of the molecule is C[C@@H](COCCC(=O)N1CCN(c2ncc(Cl)cn2)CC1)Oc1cn[nH]c(=O)c1Br. The number of ether oxygens (including phenoxy) is 2. The van der Waals surface area contributed by atoms with Crippen LogP contribution in [0.15, 0.2) is 27.9 Å². The molecule has 1 amide bonds. The molecule has 2 aromatic rings. The number of nitrogens with zero attached hydrogens (tertiary/aromatic N) is 5. The van der Waals surface area contributed by atoms with Gasteiger partial charge in [0.05, 0.1) is 43.2 Å². The lowest BCUT2D eigenvalue weighted by atomic mass is 10.3. The third-order valence-electron chi connectivity index (χ3n) is 4.43. The standard InChI is InChI=1S/C18H22BrClN6O4/c1-12(30-14-10-23-24-17(28)16(14)19)11-29-7-2-15(27)25-3-5-26(6-4-25)18-21-8-13(20)9-22-18/h8-10,12H,2-7,11H2,1H3,(H,24,28)/t12-/m0/s1. The average Bonchev–Trinajstić information content (AvgIpc) is 2.75. The fourth-order valence-corrected chi connectivity index (χ4v) is 3.27. The minimum Gasteiger partial charge on any atom is -0.485 e. The van der Waals surface area contributed by atoms with E-state index in [1.807, 2.05) is 16.7 Å². The summed E-state index contributed by atoms with van der Waals surface area (Å²) in [6.45, 7) is 4.93. The first-order chi connectivity index (χ1) is 14.4. The fraction of sp³-hybridized carbons (Fsp3) is 0.500. The number of hydrogen-bond donors (Lipinski definition) is 1. The van der Waals surface area contributed by atoms with E-state index in [4.69, 9.17) is 21.1 Å². The van der Waals surface area contributed by atoms with Crippen molar-refractivity contribution in [2.45, 2.75) is 19.4 Å². The van der Waals surface area contributed by atoms with E-state index in [1.54, 1.807) is 12.4 Å². The zero-order valence-electron chi connectivity index (χ0n) is 16.4. The van der Waals surface area contributed by atoms with Crippen LogP contribution in [0.2, 0.25) is 5.02 Å². The Kier molecular flexibility index (Phi) is 8.00. The molecule has 1 N–H and O–H groups in total. The molecule has 30 heavy (non-hydrogen) atoms. The van der Waals surface area contributed by atoms with Crippen molar-refractivity contribution < 1.29 is 14.3 Å². The van der Waals surface area contributed by atoms with Crippen LogP contribution in [0.1, 0.15) is 13.3 Å². The molecular weight excluding hydrogens is 480 g/mol. The van der Waals surface area contributed by atoms with Crippen LogP contribution in [-0.2, 0) is 9.53 Å². The number of H-pyrrole nitrogens is 1. The number of hydrogen-bond acceptors (Lipinski definition) is 8. The molecule has 1 fully saturated rings. The van der Waals surface area contributed by atoms with E-state index in [0.29, 0.717) is 55.9 Å². The van der Waals surface area contributed by atoms with Gasteiger partial charge < -0.3 is 19.3 Å². The van der Waals surface area contributed by atoms with Gasteiger partial charge >= 0.3 is 0 Å². The molecule has 0 aliphatic carbocycles. The first kappa shape index (κ1) is 22.4. The Morgan fingerprint density at radius 3 is 2.67 bits per heavy atom. The Morgan fingerprint density at radius 1 is 1.27 bits per heavy atom. The number of rotatable bonds is 8. The summed E-state index contributed by atoms with van der Waals surface area (Å²) in [6.07, 6.45) is 4.53. The van der Waals surface area contributed by atoms with Gasteiger partial charge in [-0.15, -0.1) is 0 Å². The lowest BCUT2D eigenvalue weighted by molar-refractivity contribution is -0.132. The maximum absolute atomic E-state index is 12.4. The van der Waals surface area contributed by atoms with Gasteiger partial charge in [-0.05, 0) is 22.9 Å². The lowest BCUT2D eigenvalue weighted by Gasteiger charge is -2.34. The van der Waals surface area contributed by atoms with Crippen molar-refractivity contribution in [3.8, 4) is 5.75 Å². The summed E-state index contributed by atoms with van der Waals surface area (Å²) in [5, 5.41) is 6.49.